The van der Waals surface area contributed by atoms with E-state index in [1.54, 1.807) is 23.2 Å². The average Bonchev–Trinajstić information content (AvgIpc) is 2.38. The Hall–Kier alpha value is -2.01. The Bertz CT molecular complexity index is 550. The summed E-state index contributed by atoms with van der Waals surface area (Å²) in [5.41, 5.74) is 1.73. The second-order valence-corrected chi connectivity index (χ2v) is 4.06. The van der Waals surface area contributed by atoms with Gasteiger partial charge in [-0.05, 0) is 19.1 Å². The molecule has 0 aliphatic rings. The van der Waals surface area contributed by atoms with Crippen molar-refractivity contribution >= 4 is 0 Å². The number of aryl methyl sites for hydroxylation is 1. The first-order valence-electron chi connectivity index (χ1n) is 5.89. The molecule has 0 atom stereocenters. The molecule has 2 aromatic rings. The molecule has 0 aliphatic carbocycles. The van der Waals surface area contributed by atoms with Crippen molar-refractivity contribution in [3.8, 4) is 0 Å². The molecule has 2 aromatic heterocycles. The van der Waals surface area contributed by atoms with Gasteiger partial charge >= 0.3 is 0 Å². The molecule has 1 N–H and O–H groups in total. The minimum absolute atomic E-state index is 0.0119. The van der Waals surface area contributed by atoms with Crippen molar-refractivity contribution in [2.45, 2.75) is 20.0 Å². The van der Waals surface area contributed by atoms with Crippen LogP contribution in [0.1, 0.15) is 11.4 Å². The minimum Gasteiger partial charge on any atom is -0.309 e. The van der Waals surface area contributed by atoms with Gasteiger partial charge in [-0.25, -0.2) is 4.98 Å². The first-order valence-corrected chi connectivity index (χ1v) is 5.89. The van der Waals surface area contributed by atoms with Crippen LogP contribution >= 0.6 is 0 Å². The van der Waals surface area contributed by atoms with Gasteiger partial charge in [-0.3, -0.25) is 14.3 Å². The van der Waals surface area contributed by atoms with Crippen molar-refractivity contribution in [1.29, 1.82) is 0 Å². The van der Waals surface area contributed by atoms with Gasteiger partial charge in [0.1, 0.15) is 0 Å². The molecule has 2 heterocycles. The monoisotopic (exact) mass is 244 g/mol. The first-order chi connectivity index (χ1) is 8.75. The molecule has 94 valence electrons. The van der Waals surface area contributed by atoms with Crippen LogP contribution in [-0.2, 0) is 13.1 Å². The van der Waals surface area contributed by atoms with Gasteiger partial charge in [0.2, 0.25) is 0 Å². The van der Waals surface area contributed by atoms with E-state index in [-0.39, 0.29) is 5.56 Å². The highest BCUT2D eigenvalue weighted by Crippen LogP contribution is 1.91. The number of aromatic nitrogens is 3. The van der Waals surface area contributed by atoms with E-state index in [2.05, 4.69) is 15.3 Å². The molecule has 0 aromatic carbocycles. The summed E-state index contributed by atoms with van der Waals surface area (Å²) in [4.78, 5) is 19.9. The van der Waals surface area contributed by atoms with Crippen LogP contribution < -0.4 is 10.9 Å². The van der Waals surface area contributed by atoms with E-state index in [9.17, 15) is 4.79 Å². The van der Waals surface area contributed by atoms with E-state index < -0.39 is 0 Å². The van der Waals surface area contributed by atoms with Crippen LogP contribution in [0, 0.1) is 6.92 Å². The Morgan fingerprint density at radius 3 is 2.94 bits per heavy atom. The smallest absolute Gasteiger partial charge is 0.253 e. The summed E-state index contributed by atoms with van der Waals surface area (Å²) < 4.78 is 1.60. The van der Waals surface area contributed by atoms with Gasteiger partial charge in [0.05, 0.1) is 12.0 Å². The maximum absolute atomic E-state index is 11.6. The molecule has 0 fully saturated rings. The second-order valence-electron chi connectivity index (χ2n) is 4.06. The maximum atomic E-state index is 11.6. The third kappa shape index (κ3) is 3.49. The molecule has 0 amide bonds. The van der Waals surface area contributed by atoms with Crippen LogP contribution in [-0.4, -0.2) is 21.1 Å². The molecule has 0 bridgehead atoms. The van der Waals surface area contributed by atoms with Gasteiger partial charge in [-0.2, -0.15) is 0 Å². The second kappa shape index (κ2) is 6.07. The third-order valence-corrected chi connectivity index (χ3v) is 2.58. The van der Waals surface area contributed by atoms with Crippen LogP contribution in [0.15, 0.2) is 41.6 Å². The van der Waals surface area contributed by atoms with Crippen LogP contribution in [0.25, 0.3) is 0 Å². The minimum atomic E-state index is -0.0119. The molecule has 2 rings (SSSR count). The molecular weight excluding hydrogens is 228 g/mol. The molecule has 0 spiro atoms. The number of pyridine rings is 1. The predicted molar refractivity (Wildman–Crippen MR) is 69.2 cm³/mol. The van der Waals surface area contributed by atoms with Crippen molar-refractivity contribution < 1.29 is 0 Å². The van der Waals surface area contributed by atoms with E-state index in [0.717, 1.165) is 11.4 Å². The zero-order valence-corrected chi connectivity index (χ0v) is 10.3. The van der Waals surface area contributed by atoms with Gasteiger partial charge in [0, 0.05) is 37.6 Å². The molecule has 0 radical (unpaired) electrons. The normalized spacial score (nSPS) is 10.5. The zero-order chi connectivity index (χ0) is 12.8. The molecule has 0 saturated carbocycles. The highest BCUT2D eigenvalue weighted by Gasteiger charge is 1.97. The number of nitrogens with zero attached hydrogens (tertiary/aromatic N) is 3. The molecule has 0 saturated heterocycles. The summed E-state index contributed by atoms with van der Waals surface area (Å²) in [5.74, 6) is 0. The fraction of sp³-hybridized carbons (Fsp3) is 0.308. The van der Waals surface area contributed by atoms with Crippen molar-refractivity contribution in [2.75, 3.05) is 6.54 Å². The number of nitrogens with one attached hydrogen (secondary N) is 1. The third-order valence-electron chi connectivity index (χ3n) is 2.58. The van der Waals surface area contributed by atoms with Crippen molar-refractivity contribution in [3.63, 3.8) is 0 Å². The largest absolute Gasteiger partial charge is 0.309 e. The SMILES string of the molecule is Cc1cc(=O)n(CCNCc2ccccn2)cn1. The summed E-state index contributed by atoms with van der Waals surface area (Å²) in [7, 11) is 0. The Balaban J connectivity index is 1.80. The summed E-state index contributed by atoms with van der Waals surface area (Å²) in [6, 6.07) is 7.35. The maximum Gasteiger partial charge on any atom is 0.253 e. The Labute approximate surface area is 106 Å². The number of hydrogen-bond donors (Lipinski definition) is 1. The van der Waals surface area contributed by atoms with Crippen LogP contribution in [0.4, 0.5) is 0 Å². The van der Waals surface area contributed by atoms with Crippen LogP contribution in [0.5, 0.6) is 0 Å². The lowest BCUT2D eigenvalue weighted by Gasteiger charge is -2.06. The van der Waals surface area contributed by atoms with Crippen molar-refractivity contribution in [2.24, 2.45) is 0 Å². The molecule has 5 nitrogen and oxygen atoms in total. The fourth-order valence-corrected chi connectivity index (χ4v) is 1.60. The van der Waals surface area contributed by atoms with Gasteiger partial charge in [0.15, 0.2) is 0 Å². The molecule has 5 heteroatoms. The van der Waals surface area contributed by atoms with E-state index in [1.165, 1.54) is 0 Å². The summed E-state index contributed by atoms with van der Waals surface area (Å²) in [5, 5.41) is 3.24. The van der Waals surface area contributed by atoms with E-state index in [1.807, 2.05) is 25.1 Å². The lowest BCUT2D eigenvalue weighted by atomic mass is 10.3. The van der Waals surface area contributed by atoms with Gasteiger partial charge in [-0.1, -0.05) is 6.07 Å². The number of rotatable bonds is 5. The van der Waals surface area contributed by atoms with E-state index in [0.29, 0.717) is 19.6 Å². The standard InChI is InChI=1S/C13H16N4O/c1-11-8-13(18)17(10-16-11)7-6-14-9-12-4-2-3-5-15-12/h2-5,8,10,14H,6-7,9H2,1H3. The summed E-state index contributed by atoms with van der Waals surface area (Å²) in [6.07, 6.45) is 3.35. The van der Waals surface area contributed by atoms with E-state index in [4.69, 9.17) is 0 Å². The topological polar surface area (TPSA) is 59.8 Å². The molecule has 0 unspecified atom stereocenters. The fourth-order valence-electron chi connectivity index (χ4n) is 1.60. The Kier molecular flexibility index (Phi) is 4.20. The number of hydrogen-bond acceptors (Lipinski definition) is 4. The Morgan fingerprint density at radius 1 is 1.33 bits per heavy atom. The van der Waals surface area contributed by atoms with E-state index >= 15 is 0 Å². The molecule has 0 aliphatic heterocycles. The molecule has 18 heavy (non-hydrogen) atoms. The van der Waals surface area contributed by atoms with Gasteiger partial charge in [-0.15, -0.1) is 0 Å². The first kappa shape index (κ1) is 12.4. The quantitative estimate of drug-likeness (QED) is 0.788. The van der Waals surface area contributed by atoms with Crippen molar-refractivity contribution in [3.05, 3.63) is 58.5 Å². The van der Waals surface area contributed by atoms with Crippen LogP contribution in [0.3, 0.4) is 0 Å². The Morgan fingerprint density at radius 2 is 2.22 bits per heavy atom. The van der Waals surface area contributed by atoms with Gasteiger partial charge in [0.25, 0.3) is 5.56 Å². The lowest BCUT2D eigenvalue weighted by molar-refractivity contribution is 0.573. The predicted octanol–water partition coefficient (Wildman–Crippen LogP) is 0.737. The van der Waals surface area contributed by atoms with Crippen molar-refractivity contribution in [1.82, 2.24) is 19.9 Å². The highest BCUT2D eigenvalue weighted by molar-refractivity contribution is 5.02. The average molecular weight is 244 g/mol. The summed E-state index contributed by atoms with van der Waals surface area (Å²) >= 11 is 0. The molecular formula is C13H16N4O. The lowest BCUT2D eigenvalue weighted by Crippen LogP contribution is -2.27. The summed E-state index contributed by atoms with van der Waals surface area (Å²) in [6.45, 7) is 3.83. The highest BCUT2D eigenvalue weighted by atomic mass is 16.1. The van der Waals surface area contributed by atoms with Gasteiger partial charge < -0.3 is 5.32 Å². The van der Waals surface area contributed by atoms with Crippen LogP contribution in [0.2, 0.25) is 0 Å². The zero-order valence-electron chi connectivity index (χ0n) is 10.3.